The average Bonchev–Trinajstić information content (AvgIpc) is 2.76. The van der Waals surface area contributed by atoms with Crippen LogP contribution in [0.3, 0.4) is 0 Å². The second kappa shape index (κ2) is 11.8. The molecular formula is C23H33N3O3. The molecule has 2 N–H and O–H groups in total. The van der Waals surface area contributed by atoms with E-state index in [4.69, 9.17) is 19.2 Å². The highest BCUT2D eigenvalue weighted by atomic mass is 16.5. The molecule has 0 spiro atoms. The first-order chi connectivity index (χ1) is 14.1. The van der Waals surface area contributed by atoms with Gasteiger partial charge >= 0.3 is 0 Å². The largest absolute Gasteiger partial charge is 0.496 e. The van der Waals surface area contributed by atoms with E-state index in [-0.39, 0.29) is 0 Å². The lowest BCUT2D eigenvalue weighted by atomic mass is 10.1. The summed E-state index contributed by atoms with van der Waals surface area (Å²) in [5.74, 6) is 2.80. The maximum atomic E-state index is 5.50. The van der Waals surface area contributed by atoms with E-state index in [1.807, 2.05) is 18.2 Å². The molecule has 0 amide bonds. The van der Waals surface area contributed by atoms with E-state index in [1.165, 1.54) is 5.56 Å². The van der Waals surface area contributed by atoms with Crippen molar-refractivity contribution in [2.75, 3.05) is 27.9 Å². The van der Waals surface area contributed by atoms with Crippen molar-refractivity contribution in [3.63, 3.8) is 0 Å². The first-order valence-corrected chi connectivity index (χ1v) is 9.98. The van der Waals surface area contributed by atoms with Gasteiger partial charge in [0.15, 0.2) is 17.5 Å². The Labute approximate surface area is 174 Å². The van der Waals surface area contributed by atoms with E-state index in [2.05, 4.69) is 48.7 Å². The number of hydrogen-bond acceptors (Lipinski definition) is 4. The number of ether oxygens (including phenoxy) is 3. The van der Waals surface area contributed by atoms with Crippen molar-refractivity contribution in [1.29, 1.82) is 0 Å². The van der Waals surface area contributed by atoms with Crippen molar-refractivity contribution in [3.05, 3.63) is 53.6 Å². The lowest BCUT2D eigenvalue weighted by molar-refractivity contribution is 0.347. The maximum absolute atomic E-state index is 5.50. The van der Waals surface area contributed by atoms with Crippen molar-refractivity contribution in [3.8, 4) is 17.2 Å². The van der Waals surface area contributed by atoms with Gasteiger partial charge in [-0.25, -0.2) is 4.99 Å². The Kier molecular flexibility index (Phi) is 9.15. The highest BCUT2D eigenvalue weighted by Crippen LogP contribution is 2.34. The zero-order chi connectivity index (χ0) is 21.1. The van der Waals surface area contributed by atoms with Crippen LogP contribution >= 0.6 is 0 Å². The molecule has 0 aliphatic heterocycles. The number of guanidine groups is 1. The summed E-state index contributed by atoms with van der Waals surface area (Å²) in [5.41, 5.74) is 2.28. The molecule has 1 unspecified atom stereocenters. The number of benzene rings is 2. The van der Waals surface area contributed by atoms with E-state index in [9.17, 15) is 0 Å². The summed E-state index contributed by atoms with van der Waals surface area (Å²) in [6, 6.07) is 14.6. The molecular weight excluding hydrogens is 366 g/mol. The molecule has 0 radical (unpaired) electrons. The van der Waals surface area contributed by atoms with Gasteiger partial charge in [0.1, 0.15) is 5.75 Å². The van der Waals surface area contributed by atoms with Crippen LogP contribution in [0.15, 0.2) is 47.5 Å². The van der Waals surface area contributed by atoms with Gasteiger partial charge in [0.05, 0.1) is 27.9 Å². The monoisotopic (exact) mass is 399 g/mol. The van der Waals surface area contributed by atoms with Crippen molar-refractivity contribution in [2.24, 2.45) is 4.99 Å². The molecule has 0 bridgehead atoms. The van der Waals surface area contributed by atoms with Gasteiger partial charge in [-0.15, -0.1) is 0 Å². The van der Waals surface area contributed by atoms with Crippen LogP contribution in [0.2, 0.25) is 0 Å². The minimum Gasteiger partial charge on any atom is -0.496 e. The Morgan fingerprint density at radius 1 is 0.966 bits per heavy atom. The Hall–Kier alpha value is -2.89. The molecule has 158 valence electrons. The number of aryl methyl sites for hydroxylation is 1. The zero-order valence-electron chi connectivity index (χ0n) is 18.1. The molecule has 29 heavy (non-hydrogen) atoms. The number of hydrogen-bond donors (Lipinski definition) is 2. The first-order valence-electron chi connectivity index (χ1n) is 9.98. The van der Waals surface area contributed by atoms with Crippen molar-refractivity contribution >= 4 is 5.96 Å². The summed E-state index contributed by atoms with van der Waals surface area (Å²) in [5, 5.41) is 6.80. The minimum atomic E-state index is 0.292. The molecule has 0 aliphatic carbocycles. The van der Waals surface area contributed by atoms with Crippen LogP contribution in [0, 0.1) is 0 Å². The van der Waals surface area contributed by atoms with E-state index in [0.29, 0.717) is 24.1 Å². The summed E-state index contributed by atoms with van der Waals surface area (Å²) in [7, 11) is 4.88. The SMILES string of the molecule is CCNC(=NCc1cc(OC)c(OC)cc1OC)NC(C)CCc1ccccc1. The third-order valence-electron chi connectivity index (χ3n) is 4.63. The fourth-order valence-electron chi connectivity index (χ4n) is 3.03. The van der Waals surface area contributed by atoms with Gasteiger partial charge in [0.25, 0.3) is 0 Å². The first kappa shape index (κ1) is 22.4. The van der Waals surface area contributed by atoms with Gasteiger partial charge in [-0.05, 0) is 38.3 Å². The normalized spacial score (nSPS) is 12.2. The summed E-state index contributed by atoms with van der Waals surface area (Å²) in [6.07, 6.45) is 2.05. The molecule has 0 fully saturated rings. The van der Waals surface area contributed by atoms with E-state index in [0.717, 1.165) is 36.7 Å². The highest BCUT2D eigenvalue weighted by Gasteiger charge is 2.12. The Bertz CT molecular complexity index is 778. The molecule has 2 rings (SSSR count). The lowest BCUT2D eigenvalue weighted by Crippen LogP contribution is -2.42. The fraction of sp³-hybridized carbons (Fsp3) is 0.435. The van der Waals surface area contributed by atoms with Gasteiger partial charge in [-0.2, -0.15) is 0 Å². The Balaban J connectivity index is 2.06. The van der Waals surface area contributed by atoms with Crippen LogP contribution in [-0.4, -0.2) is 39.9 Å². The molecule has 6 nitrogen and oxygen atoms in total. The van der Waals surface area contributed by atoms with E-state index in [1.54, 1.807) is 21.3 Å². The van der Waals surface area contributed by atoms with E-state index >= 15 is 0 Å². The van der Waals surface area contributed by atoms with Crippen molar-refractivity contribution < 1.29 is 14.2 Å². The third kappa shape index (κ3) is 6.89. The topological polar surface area (TPSA) is 64.1 Å². The van der Waals surface area contributed by atoms with Gasteiger partial charge < -0.3 is 24.8 Å². The Morgan fingerprint density at radius 3 is 2.24 bits per heavy atom. The molecule has 0 aromatic heterocycles. The molecule has 6 heteroatoms. The standard InChI is InChI=1S/C23H33N3O3/c1-6-24-23(26-17(2)12-13-18-10-8-7-9-11-18)25-16-19-14-21(28-4)22(29-5)15-20(19)27-3/h7-11,14-15,17H,6,12-13,16H2,1-5H3,(H2,24,25,26). The molecule has 0 saturated heterocycles. The van der Waals surface area contributed by atoms with Gasteiger partial charge in [0.2, 0.25) is 0 Å². The van der Waals surface area contributed by atoms with Crippen LogP contribution in [0.5, 0.6) is 17.2 Å². The second-order valence-electron chi connectivity index (χ2n) is 6.78. The summed E-state index contributed by atoms with van der Waals surface area (Å²) in [6.45, 7) is 5.49. The number of aliphatic imine (C=N–C) groups is 1. The predicted octanol–water partition coefficient (Wildman–Crippen LogP) is 3.79. The van der Waals surface area contributed by atoms with E-state index < -0.39 is 0 Å². The van der Waals surface area contributed by atoms with Crippen LogP contribution in [0.25, 0.3) is 0 Å². The predicted molar refractivity (Wildman–Crippen MR) is 118 cm³/mol. The van der Waals surface area contributed by atoms with Crippen molar-refractivity contribution in [1.82, 2.24) is 10.6 Å². The average molecular weight is 400 g/mol. The lowest BCUT2D eigenvalue weighted by Gasteiger charge is -2.18. The number of rotatable bonds is 10. The quantitative estimate of drug-likeness (QED) is 0.470. The van der Waals surface area contributed by atoms with Crippen LogP contribution < -0.4 is 24.8 Å². The summed E-state index contributed by atoms with van der Waals surface area (Å²) in [4.78, 5) is 4.74. The zero-order valence-corrected chi connectivity index (χ0v) is 18.1. The van der Waals surface area contributed by atoms with Crippen molar-refractivity contribution in [2.45, 2.75) is 39.3 Å². The molecule has 1 atom stereocenters. The van der Waals surface area contributed by atoms with Gasteiger partial charge in [-0.1, -0.05) is 30.3 Å². The molecule has 0 heterocycles. The highest BCUT2D eigenvalue weighted by molar-refractivity contribution is 5.80. The van der Waals surface area contributed by atoms with Crippen LogP contribution in [0.4, 0.5) is 0 Å². The van der Waals surface area contributed by atoms with Gasteiger partial charge in [-0.3, -0.25) is 0 Å². The molecule has 2 aromatic carbocycles. The summed E-state index contributed by atoms with van der Waals surface area (Å²) < 4.78 is 16.3. The van der Waals surface area contributed by atoms with Crippen LogP contribution in [-0.2, 0) is 13.0 Å². The molecule has 0 saturated carbocycles. The van der Waals surface area contributed by atoms with Crippen LogP contribution in [0.1, 0.15) is 31.4 Å². The third-order valence-corrected chi connectivity index (χ3v) is 4.63. The number of nitrogens with zero attached hydrogens (tertiary/aromatic N) is 1. The number of nitrogens with one attached hydrogen (secondary N) is 2. The molecule has 0 aliphatic rings. The summed E-state index contributed by atoms with van der Waals surface area (Å²) >= 11 is 0. The maximum Gasteiger partial charge on any atom is 0.191 e. The van der Waals surface area contributed by atoms with Gasteiger partial charge in [0, 0.05) is 24.2 Å². The second-order valence-corrected chi connectivity index (χ2v) is 6.78. The smallest absolute Gasteiger partial charge is 0.191 e. The number of methoxy groups -OCH3 is 3. The molecule has 2 aromatic rings. The Morgan fingerprint density at radius 2 is 1.62 bits per heavy atom. The fourth-order valence-corrected chi connectivity index (χ4v) is 3.03. The minimum absolute atomic E-state index is 0.292.